The zero-order chi connectivity index (χ0) is 14.2. The average Bonchev–Trinajstić information content (AvgIpc) is 2.98. The first-order valence-corrected chi connectivity index (χ1v) is 7.54. The summed E-state index contributed by atoms with van der Waals surface area (Å²) in [5, 5.41) is 0. The third-order valence-electron chi connectivity index (χ3n) is 5.00. The molecule has 3 rings (SSSR count). The molecule has 4 heteroatoms. The molecule has 1 heterocycles. The fraction of sp³-hybridized carbons (Fsp3) is 0.562. The van der Waals surface area contributed by atoms with Crippen molar-refractivity contribution in [2.75, 3.05) is 0 Å². The van der Waals surface area contributed by atoms with Crippen molar-refractivity contribution in [3.63, 3.8) is 0 Å². The van der Waals surface area contributed by atoms with Crippen LogP contribution in [0.1, 0.15) is 31.7 Å². The Kier molecular flexibility index (Phi) is 3.59. The summed E-state index contributed by atoms with van der Waals surface area (Å²) in [6.07, 6.45) is 2.96. The highest BCUT2D eigenvalue weighted by Crippen LogP contribution is 2.53. The Bertz CT molecular complexity index is 490. The molecule has 0 amide bonds. The standard InChI is InChI=1S/C16H21BO3/c1-2-16-9-8-12(14(17)20-16)13(16)15(18)19-10-11-6-4-3-5-7-11/h3-7,12-14H,2,8-10,17H2,1H3/t12?,13-,14+,16-/m0/s1. The Morgan fingerprint density at radius 3 is 2.85 bits per heavy atom. The topological polar surface area (TPSA) is 35.5 Å². The summed E-state index contributed by atoms with van der Waals surface area (Å²) in [6, 6.07) is 10.0. The van der Waals surface area contributed by atoms with Gasteiger partial charge < -0.3 is 9.47 Å². The van der Waals surface area contributed by atoms with Crippen molar-refractivity contribution in [3.8, 4) is 0 Å². The second kappa shape index (κ2) is 5.25. The van der Waals surface area contributed by atoms with Crippen molar-refractivity contribution in [2.45, 2.75) is 44.4 Å². The minimum absolute atomic E-state index is 0.0776. The van der Waals surface area contributed by atoms with Gasteiger partial charge in [0.2, 0.25) is 0 Å². The summed E-state index contributed by atoms with van der Waals surface area (Å²) in [5.41, 5.74) is 0.767. The average molecular weight is 272 g/mol. The molecule has 2 fully saturated rings. The maximum Gasteiger partial charge on any atom is 0.312 e. The maximum absolute atomic E-state index is 12.5. The van der Waals surface area contributed by atoms with E-state index >= 15 is 0 Å². The van der Waals surface area contributed by atoms with Crippen LogP contribution in [0.15, 0.2) is 30.3 Å². The highest BCUT2D eigenvalue weighted by atomic mass is 16.5. The molecule has 1 aromatic carbocycles. The van der Waals surface area contributed by atoms with E-state index in [-0.39, 0.29) is 23.5 Å². The fourth-order valence-electron chi connectivity index (χ4n) is 3.91. The van der Waals surface area contributed by atoms with Crippen LogP contribution in [0.3, 0.4) is 0 Å². The molecular formula is C16H21BO3. The van der Waals surface area contributed by atoms with Crippen LogP contribution in [0.5, 0.6) is 0 Å². The quantitative estimate of drug-likeness (QED) is 0.620. The van der Waals surface area contributed by atoms with Crippen LogP contribution in [-0.4, -0.2) is 25.4 Å². The minimum Gasteiger partial charge on any atom is -0.461 e. The van der Waals surface area contributed by atoms with Crippen molar-refractivity contribution in [2.24, 2.45) is 11.8 Å². The van der Waals surface area contributed by atoms with Gasteiger partial charge in [-0.1, -0.05) is 37.3 Å². The van der Waals surface area contributed by atoms with Crippen LogP contribution in [0.4, 0.5) is 0 Å². The van der Waals surface area contributed by atoms with Crippen LogP contribution >= 0.6 is 0 Å². The Balaban J connectivity index is 1.68. The lowest BCUT2D eigenvalue weighted by Gasteiger charge is -2.30. The SMILES string of the molecule is B[C@@H]1O[C@@]2(CC)CCC1[C@H]2C(=O)OCc1ccccc1. The molecule has 0 radical (unpaired) electrons. The van der Waals surface area contributed by atoms with Crippen LogP contribution in [0.2, 0.25) is 0 Å². The van der Waals surface area contributed by atoms with E-state index in [1.165, 1.54) is 0 Å². The molecule has 106 valence electrons. The highest BCUT2D eigenvalue weighted by molar-refractivity contribution is 6.11. The summed E-state index contributed by atoms with van der Waals surface area (Å²) in [7, 11) is 2.08. The molecular weight excluding hydrogens is 251 g/mol. The van der Waals surface area contributed by atoms with E-state index < -0.39 is 0 Å². The van der Waals surface area contributed by atoms with Gasteiger partial charge in [0.1, 0.15) is 14.5 Å². The van der Waals surface area contributed by atoms with Crippen molar-refractivity contribution in [1.29, 1.82) is 0 Å². The molecule has 20 heavy (non-hydrogen) atoms. The van der Waals surface area contributed by atoms with Crippen molar-refractivity contribution >= 4 is 13.8 Å². The van der Waals surface area contributed by atoms with Crippen molar-refractivity contribution in [1.82, 2.24) is 0 Å². The number of benzene rings is 1. The molecule has 2 bridgehead atoms. The van der Waals surface area contributed by atoms with Gasteiger partial charge in [-0.25, -0.2) is 0 Å². The van der Waals surface area contributed by atoms with Gasteiger partial charge in [-0.15, -0.1) is 0 Å². The number of esters is 1. The smallest absolute Gasteiger partial charge is 0.312 e. The molecule has 1 aromatic rings. The number of hydrogen-bond donors (Lipinski definition) is 0. The zero-order valence-corrected chi connectivity index (χ0v) is 12.2. The molecule has 2 aliphatic rings. The molecule has 1 aliphatic heterocycles. The monoisotopic (exact) mass is 272 g/mol. The van der Waals surface area contributed by atoms with Gasteiger partial charge in [0, 0.05) is 6.00 Å². The number of ether oxygens (including phenoxy) is 2. The molecule has 1 saturated carbocycles. The molecule has 0 spiro atoms. The van der Waals surface area contributed by atoms with E-state index in [0.29, 0.717) is 12.5 Å². The van der Waals surface area contributed by atoms with Crippen molar-refractivity contribution < 1.29 is 14.3 Å². The summed E-state index contributed by atoms with van der Waals surface area (Å²) in [5.74, 6) is 0.173. The van der Waals surface area contributed by atoms with E-state index in [1.807, 2.05) is 30.3 Å². The first kappa shape index (κ1) is 13.7. The van der Waals surface area contributed by atoms with Crippen LogP contribution in [0, 0.1) is 11.8 Å². The Morgan fingerprint density at radius 1 is 1.45 bits per heavy atom. The molecule has 0 aromatic heterocycles. The number of fused-ring (bicyclic) bond motifs is 2. The molecule has 1 aliphatic carbocycles. The van der Waals surface area contributed by atoms with Gasteiger partial charge in [0.05, 0.1) is 11.5 Å². The van der Waals surface area contributed by atoms with Gasteiger partial charge in [-0.05, 0) is 30.7 Å². The highest BCUT2D eigenvalue weighted by Gasteiger charge is 2.60. The van der Waals surface area contributed by atoms with Gasteiger partial charge >= 0.3 is 5.97 Å². The first-order valence-electron chi connectivity index (χ1n) is 7.54. The van der Waals surface area contributed by atoms with Crippen LogP contribution < -0.4 is 0 Å². The molecule has 4 atom stereocenters. The third-order valence-corrected chi connectivity index (χ3v) is 5.00. The molecule has 1 unspecified atom stereocenters. The Hall–Kier alpha value is -1.29. The number of rotatable bonds is 4. The fourth-order valence-corrected chi connectivity index (χ4v) is 3.91. The molecule has 0 N–H and O–H groups in total. The lowest BCUT2D eigenvalue weighted by molar-refractivity contribution is -0.156. The Morgan fingerprint density at radius 2 is 2.20 bits per heavy atom. The minimum atomic E-state index is -0.266. The summed E-state index contributed by atoms with van der Waals surface area (Å²) < 4.78 is 11.6. The summed E-state index contributed by atoms with van der Waals surface area (Å²) >= 11 is 0. The zero-order valence-electron chi connectivity index (χ0n) is 12.2. The van der Waals surface area contributed by atoms with Crippen molar-refractivity contribution in [3.05, 3.63) is 35.9 Å². The van der Waals surface area contributed by atoms with E-state index in [9.17, 15) is 4.79 Å². The van der Waals surface area contributed by atoms with Crippen LogP contribution in [-0.2, 0) is 20.9 Å². The molecule has 3 nitrogen and oxygen atoms in total. The number of hydrogen-bond acceptors (Lipinski definition) is 3. The van der Waals surface area contributed by atoms with E-state index in [2.05, 4.69) is 14.8 Å². The normalized spacial score (nSPS) is 35.1. The van der Waals surface area contributed by atoms with Gasteiger partial charge in [-0.3, -0.25) is 4.79 Å². The van der Waals surface area contributed by atoms with Gasteiger partial charge in [0.25, 0.3) is 0 Å². The first-order chi connectivity index (χ1) is 9.66. The van der Waals surface area contributed by atoms with Gasteiger partial charge in [0.15, 0.2) is 0 Å². The second-order valence-electron chi connectivity index (χ2n) is 6.01. The summed E-state index contributed by atoms with van der Waals surface area (Å²) in [6.45, 7) is 2.47. The summed E-state index contributed by atoms with van der Waals surface area (Å²) in [4.78, 5) is 12.5. The second-order valence-corrected chi connectivity index (χ2v) is 6.01. The lowest BCUT2D eigenvalue weighted by atomic mass is 9.80. The number of carbonyl (C=O) groups excluding carboxylic acids is 1. The number of carbonyl (C=O) groups is 1. The Labute approximate surface area is 121 Å². The van der Waals surface area contributed by atoms with E-state index in [0.717, 1.165) is 24.8 Å². The third kappa shape index (κ3) is 2.16. The lowest BCUT2D eigenvalue weighted by Crippen LogP contribution is -2.37. The largest absolute Gasteiger partial charge is 0.461 e. The predicted octanol–water partition coefficient (Wildman–Crippen LogP) is 1.89. The molecule has 1 saturated heterocycles. The van der Waals surface area contributed by atoms with Gasteiger partial charge in [-0.2, -0.15) is 0 Å². The van der Waals surface area contributed by atoms with Crippen LogP contribution in [0.25, 0.3) is 0 Å². The van der Waals surface area contributed by atoms with E-state index in [1.54, 1.807) is 0 Å². The maximum atomic E-state index is 12.5. The van der Waals surface area contributed by atoms with E-state index in [4.69, 9.17) is 9.47 Å². The predicted molar refractivity (Wildman–Crippen MR) is 78.9 cm³/mol.